The molecular formula is C16H18ClN5O2. The van der Waals surface area contributed by atoms with Gasteiger partial charge in [-0.05, 0) is 31.2 Å². The molecule has 2 aromatic rings. The third-order valence-corrected chi connectivity index (χ3v) is 4.90. The SMILES string of the molecule is CCOC(=O)c1cn(Cc2ccc(N3CC4CC4C3)nc2Cl)nn1. The van der Waals surface area contributed by atoms with Crippen LogP contribution in [-0.4, -0.2) is 45.6 Å². The number of carbonyl (C=O) groups is 1. The molecule has 4 rings (SSSR count). The van der Waals surface area contributed by atoms with Gasteiger partial charge in [0, 0.05) is 18.7 Å². The standard InChI is InChI=1S/C16H18ClN5O2/c1-2-24-16(23)13-9-22(20-19-13)8-10-3-4-14(18-15(10)17)21-6-11-5-12(11)7-21/h3-4,9,11-12H,2,5-8H2,1H3. The Bertz CT molecular complexity index is 768. The lowest BCUT2D eigenvalue weighted by Gasteiger charge is -2.19. The number of pyridine rings is 1. The highest BCUT2D eigenvalue weighted by Crippen LogP contribution is 2.46. The van der Waals surface area contributed by atoms with E-state index in [1.54, 1.807) is 17.8 Å². The number of hydrogen-bond donors (Lipinski definition) is 0. The van der Waals surface area contributed by atoms with Gasteiger partial charge in [0.25, 0.3) is 0 Å². The second-order valence-electron chi connectivity index (χ2n) is 6.30. The number of esters is 1. The average Bonchev–Trinajstić information content (AvgIpc) is 2.98. The van der Waals surface area contributed by atoms with Gasteiger partial charge in [0.2, 0.25) is 0 Å². The number of nitrogens with zero attached hydrogens (tertiary/aromatic N) is 5. The fraction of sp³-hybridized carbons (Fsp3) is 0.500. The van der Waals surface area contributed by atoms with Crippen molar-refractivity contribution in [2.75, 3.05) is 24.6 Å². The summed E-state index contributed by atoms with van der Waals surface area (Å²) in [5, 5.41) is 8.22. The summed E-state index contributed by atoms with van der Waals surface area (Å²) in [5.41, 5.74) is 1.03. The van der Waals surface area contributed by atoms with Crippen molar-refractivity contribution in [2.45, 2.75) is 19.9 Å². The molecule has 1 saturated carbocycles. The first-order chi connectivity index (χ1) is 11.6. The molecule has 2 unspecified atom stereocenters. The lowest BCUT2D eigenvalue weighted by Crippen LogP contribution is -2.23. The van der Waals surface area contributed by atoms with E-state index in [-0.39, 0.29) is 5.69 Å². The van der Waals surface area contributed by atoms with Crippen LogP contribution in [0.3, 0.4) is 0 Å². The molecule has 0 N–H and O–H groups in total. The summed E-state index contributed by atoms with van der Waals surface area (Å²) < 4.78 is 6.46. The van der Waals surface area contributed by atoms with Crippen molar-refractivity contribution in [2.24, 2.45) is 11.8 Å². The zero-order chi connectivity index (χ0) is 16.7. The molecule has 2 aliphatic rings. The maximum absolute atomic E-state index is 11.6. The predicted octanol–water partition coefficient (Wildman–Crippen LogP) is 2.01. The van der Waals surface area contributed by atoms with Gasteiger partial charge >= 0.3 is 5.97 Å². The first kappa shape index (κ1) is 15.4. The van der Waals surface area contributed by atoms with Crippen LogP contribution in [0.5, 0.6) is 0 Å². The Kier molecular flexibility index (Phi) is 3.88. The molecule has 0 aromatic carbocycles. The predicted molar refractivity (Wildman–Crippen MR) is 88.1 cm³/mol. The Hall–Kier alpha value is -2.15. The van der Waals surface area contributed by atoms with Gasteiger partial charge in [-0.2, -0.15) is 0 Å². The highest BCUT2D eigenvalue weighted by Gasteiger charge is 2.45. The number of piperidine rings is 1. The normalized spacial score (nSPS) is 21.7. The number of aromatic nitrogens is 4. The quantitative estimate of drug-likeness (QED) is 0.608. The van der Waals surface area contributed by atoms with Crippen LogP contribution < -0.4 is 4.90 Å². The van der Waals surface area contributed by atoms with E-state index in [9.17, 15) is 4.79 Å². The van der Waals surface area contributed by atoms with Crippen molar-refractivity contribution < 1.29 is 9.53 Å². The minimum atomic E-state index is -0.476. The first-order valence-electron chi connectivity index (χ1n) is 8.11. The van der Waals surface area contributed by atoms with Gasteiger partial charge in [0.05, 0.1) is 19.3 Å². The van der Waals surface area contributed by atoms with Crippen LogP contribution >= 0.6 is 11.6 Å². The van der Waals surface area contributed by atoms with Gasteiger partial charge in [-0.3, -0.25) is 0 Å². The third-order valence-electron chi connectivity index (χ3n) is 4.57. The van der Waals surface area contributed by atoms with Crippen LogP contribution in [0.2, 0.25) is 5.15 Å². The van der Waals surface area contributed by atoms with Gasteiger partial charge in [0.1, 0.15) is 11.0 Å². The summed E-state index contributed by atoms with van der Waals surface area (Å²) >= 11 is 6.33. The number of halogens is 1. The molecule has 126 valence electrons. The zero-order valence-electron chi connectivity index (χ0n) is 13.4. The van der Waals surface area contributed by atoms with Crippen molar-refractivity contribution in [1.29, 1.82) is 0 Å². The summed E-state index contributed by atoms with van der Waals surface area (Å²) in [6.45, 7) is 4.63. The Morgan fingerprint density at radius 2 is 2.17 bits per heavy atom. The molecule has 7 nitrogen and oxygen atoms in total. The largest absolute Gasteiger partial charge is 0.461 e. The van der Waals surface area contributed by atoms with Crippen LogP contribution in [0.25, 0.3) is 0 Å². The molecule has 24 heavy (non-hydrogen) atoms. The van der Waals surface area contributed by atoms with Crippen molar-refractivity contribution in [3.63, 3.8) is 0 Å². The van der Waals surface area contributed by atoms with E-state index in [0.29, 0.717) is 18.3 Å². The summed E-state index contributed by atoms with van der Waals surface area (Å²) in [7, 11) is 0. The zero-order valence-corrected chi connectivity index (χ0v) is 14.1. The molecular weight excluding hydrogens is 330 g/mol. The molecule has 0 spiro atoms. The minimum absolute atomic E-state index is 0.189. The monoisotopic (exact) mass is 347 g/mol. The van der Waals surface area contributed by atoms with Crippen LogP contribution in [0.1, 0.15) is 29.4 Å². The number of rotatable bonds is 5. The maximum Gasteiger partial charge on any atom is 0.360 e. The van der Waals surface area contributed by atoms with Crippen LogP contribution in [-0.2, 0) is 11.3 Å². The number of anilines is 1. The Morgan fingerprint density at radius 1 is 1.38 bits per heavy atom. The smallest absolute Gasteiger partial charge is 0.360 e. The molecule has 2 atom stereocenters. The van der Waals surface area contributed by atoms with Crippen molar-refractivity contribution in [1.82, 2.24) is 20.0 Å². The number of carbonyl (C=O) groups excluding carboxylic acids is 1. The van der Waals surface area contributed by atoms with E-state index in [1.807, 2.05) is 12.1 Å². The van der Waals surface area contributed by atoms with Gasteiger partial charge in [-0.25, -0.2) is 14.5 Å². The van der Waals surface area contributed by atoms with Crippen LogP contribution in [0.4, 0.5) is 5.82 Å². The van der Waals surface area contributed by atoms with Crippen molar-refractivity contribution in [3.05, 3.63) is 34.7 Å². The van der Waals surface area contributed by atoms with E-state index in [1.165, 1.54) is 6.42 Å². The molecule has 1 aliphatic heterocycles. The lowest BCUT2D eigenvalue weighted by atomic mass is 10.2. The maximum atomic E-state index is 11.6. The van der Waals surface area contributed by atoms with E-state index >= 15 is 0 Å². The molecule has 0 bridgehead atoms. The van der Waals surface area contributed by atoms with Gasteiger partial charge in [-0.1, -0.05) is 22.9 Å². The van der Waals surface area contributed by atoms with Gasteiger partial charge in [-0.15, -0.1) is 5.10 Å². The first-order valence-corrected chi connectivity index (χ1v) is 8.49. The van der Waals surface area contributed by atoms with E-state index < -0.39 is 5.97 Å². The molecule has 2 aromatic heterocycles. The lowest BCUT2D eigenvalue weighted by molar-refractivity contribution is 0.0519. The number of fused-ring (bicyclic) bond motifs is 1. The Labute approximate surface area is 144 Å². The molecule has 8 heteroatoms. The Balaban J connectivity index is 1.45. The van der Waals surface area contributed by atoms with E-state index in [2.05, 4.69) is 20.2 Å². The van der Waals surface area contributed by atoms with Gasteiger partial charge < -0.3 is 9.64 Å². The van der Waals surface area contributed by atoms with Crippen molar-refractivity contribution >= 4 is 23.4 Å². The molecule has 1 saturated heterocycles. The molecule has 0 radical (unpaired) electrons. The summed E-state index contributed by atoms with van der Waals surface area (Å²) in [4.78, 5) is 18.4. The highest BCUT2D eigenvalue weighted by atomic mass is 35.5. The van der Waals surface area contributed by atoms with E-state index in [0.717, 1.165) is 36.3 Å². The third kappa shape index (κ3) is 2.96. The number of ether oxygens (including phenoxy) is 1. The van der Waals surface area contributed by atoms with Crippen LogP contribution in [0.15, 0.2) is 18.3 Å². The van der Waals surface area contributed by atoms with Gasteiger partial charge in [0.15, 0.2) is 5.69 Å². The Morgan fingerprint density at radius 3 is 2.88 bits per heavy atom. The topological polar surface area (TPSA) is 73.1 Å². The second kappa shape index (κ2) is 6.05. The molecule has 1 aliphatic carbocycles. The summed E-state index contributed by atoms with van der Waals surface area (Å²) in [6.07, 6.45) is 2.91. The fourth-order valence-corrected chi connectivity index (χ4v) is 3.39. The molecule has 2 fully saturated rings. The minimum Gasteiger partial charge on any atom is -0.461 e. The summed E-state index contributed by atoms with van der Waals surface area (Å²) in [6, 6.07) is 3.95. The average molecular weight is 348 g/mol. The molecule has 3 heterocycles. The van der Waals surface area contributed by atoms with E-state index in [4.69, 9.17) is 16.3 Å². The van der Waals surface area contributed by atoms with Crippen LogP contribution in [0, 0.1) is 11.8 Å². The highest BCUT2D eigenvalue weighted by molar-refractivity contribution is 6.30. The molecule has 0 amide bonds. The fourth-order valence-electron chi connectivity index (χ4n) is 3.18. The van der Waals surface area contributed by atoms with Crippen molar-refractivity contribution in [3.8, 4) is 0 Å². The second-order valence-corrected chi connectivity index (χ2v) is 6.66. The summed E-state index contributed by atoms with van der Waals surface area (Å²) in [5.74, 6) is 2.15. The number of hydrogen-bond acceptors (Lipinski definition) is 6.